The lowest BCUT2D eigenvalue weighted by atomic mass is 9.97. The summed E-state index contributed by atoms with van der Waals surface area (Å²) in [5, 5.41) is 27.0. The van der Waals surface area contributed by atoms with Crippen LogP contribution in [-0.4, -0.2) is 97.2 Å². The van der Waals surface area contributed by atoms with Gasteiger partial charge in [-0.25, -0.2) is 0 Å². The maximum atomic E-state index is 11.8. The van der Waals surface area contributed by atoms with Crippen LogP contribution in [0.2, 0.25) is 0 Å². The Morgan fingerprint density at radius 2 is 1.10 bits per heavy atom. The number of benzene rings is 5. The number of rotatable bonds is 26. The largest absolute Gasteiger partial charge is 0.465 e. The number of aliphatic hydroxyl groups is 2. The highest BCUT2D eigenvalue weighted by molar-refractivity contribution is 5.17. The summed E-state index contributed by atoms with van der Waals surface area (Å²) in [7, 11) is 0. The molecular formula is C55H65N3O12. The average Bonchev–Trinajstić information content (AvgIpc) is 3.37. The van der Waals surface area contributed by atoms with Gasteiger partial charge in [0.15, 0.2) is 12.6 Å². The molecule has 10 atom stereocenters. The van der Waals surface area contributed by atoms with E-state index in [9.17, 15) is 15.7 Å². The van der Waals surface area contributed by atoms with Crippen LogP contribution in [0.15, 0.2) is 169 Å². The van der Waals surface area contributed by atoms with Crippen LogP contribution in [0.1, 0.15) is 55.0 Å². The molecule has 6 unspecified atom stereocenters. The molecule has 2 saturated heterocycles. The average molecular weight is 960 g/mol. The lowest BCUT2D eigenvalue weighted by Gasteiger charge is -2.43. The van der Waals surface area contributed by atoms with Gasteiger partial charge in [0.1, 0.15) is 36.3 Å². The monoisotopic (exact) mass is 959 g/mol. The van der Waals surface area contributed by atoms with Gasteiger partial charge in [0.25, 0.3) is 0 Å². The van der Waals surface area contributed by atoms with Gasteiger partial charge >= 0.3 is 0 Å². The molecule has 2 fully saturated rings. The van der Waals surface area contributed by atoms with Crippen LogP contribution in [0, 0.1) is 0 Å². The fourth-order valence-corrected chi connectivity index (χ4v) is 8.22. The molecule has 15 heteroatoms. The minimum atomic E-state index is -1.72. The number of aliphatic hydroxyl groups excluding tert-OH is 1. The fourth-order valence-electron chi connectivity index (χ4n) is 8.22. The number of ether oxygens (including phenoxy) is 10. The zero-order chi connectivity index (χ0) is 49.0. The molecule has 2 N–H and O–H groups in total. The van der Waals surface area contributed by atoms with Crippen molar-refractivity contribution >= 4 is 0 Å². The molecule has 0 radical (unpaired) electrons. The van der Waals surface area contributed by atoms with E-state index in [1.165, 1.54) is 19.9 Å². The van der Waals surface area contributed by atoms with Gasteiger partial charge in [-0.15, -0.1) is 0 Å². The third kappa shape index (κ3) is 16.3. The van der Waals surface area contributed by atoms with Gasteiger partial charge in [0, 0.05) is 24.8 Å². The predicted molar refractivity (Wildman–Crippen MR) is 260 cm³/mol. The summed E-state index contributed by atoms with van der Waals surface area (Å²) in [6.45, 7) is 6.28. The van der Waals surface area contributed by atoms with E-state index in [0.717, 1.165) is 27.8 Å². The molecule has 2 aliphatic heterocycles. The normalized spacial score (nSPS) is 23.8. The van der Waals surface area contributed by atoms with Crippen molar-refractivity contribution in [1.82, 2.24) is 0 Å². The van der Waals surface area contributed by atoms with Crippen molar-refractivity contribution in [2.24, 2.45) is 5.11 Å². The zero-order valence-corrected chi connectivity index (χ0v) is 40.0. The summed E-state index contributed by atoms with van der Waals surface area (Å²) in [5.74, 6) is -1.65. The van der Waals surface area contributed by atoms with E-state index in [2.05, 4.69) is 10.0 Å². The Hall–Kier alpha value is -5.49. The van der Waals surface area contributed by atoms with Crippen LogP contribution in [0.5, 0.6) is 0 Å². The molecule has 7 rings (SSSR count). The van der Waals surface area contributed by atoms with Crippen LogP contribution >= 0.6 is 0 Å². The molecule has 5 aromatic carbocycles. The molecule has 0 saturated carbocycles. The standard InChI is InChI=1S/C55H65N3O12/c1-4-44(69-54-53(66-35-43-28-18-9-19-29-43)52(65-34-42-26-16-8-17-27-42)47(37-67-54)62-32-40-22-12-6-13-23-40)45(70-55(2,3)60)30-49(59)68-48-38-63-46(36-61-31-39-20-10-5-11-21-39)50(57-58-56)51(48)64-33-41-24-14-7-15-25-41/h5-30,44,46-54,59-60H,4,31-38H2,1-3H3/b45-30+/t44-,46?,47+,48?,49-,50?,51?,52?,53?,54-/m0/s1. The Kier molecular flexibility index (Phi) is 20.3. The van der Waals surface area contributed by atoms with Gasteiger partial charge in [-0.05, 0) is 39.8 Å². The molecule has 0 bridgehead atoms. The quantitative estimate of drug-likeness (QED) is 0.0177. The first-order valence-electron chi connectivity index (χ1n) is 23.8. The molecule has 2 aliphatic rings. The van der Waals surface area contributed by atoms with Crippen molar-refractivity contribution in [2.75, 3.05) is 19.8 Å². The highest BCUT2D eigenvalue weighted by Crippen LogP contribution is 2.32. The van der Waals surface area contributed by atoms with E-state index in [4.69, 9.17) is 47.4 Å². The number of hydrogen-bond acceptors (Lipinski definition) is 13. The van der Waals surface area contributed by atoms with Crippen LogP contribution in [0.4, 0.5) is 0 Å². The van der Waals surface area contributed by atoms with Gasteiger partial charge in [0.2, 0.25) is 5.79 Å². The van der Waals surface area contributed by atoms with Gasteiger partial charge in [-0.2, -0.15) is 0 Å². The number of nitrogens with zero attached hydrogens (tertiary/aromatic N) is 3. The molecular weight excluding hydrogens is 895 g/mol. The molecule has 0 amide bonds. The first-order valence-corrected chi connectivity index (χ1v) is 23.8. The topological polar surface area (TPSA) is 182 Å². The molecule has 0 aliphatic carbocycles. The van der Waals surface area contributed by atoms with Crippen LogP contribution in [0.25, 0.3) is 10.4 Å². The summed E-state index contributed by atoms with van der Waals surface area (Å²) < 4.78 is 64.4. The summed E-state index contributed by atoms with van der Waals surface area (Å²) in [5.41, 5.74) is 14.5. The van der Waals surface area contributed by atoms with E-state index < -0.39 is 67.1 Å². The summed E-state index contributed by atoms with van der Waals surface area (Å²) in [6, 6.07) is 47.9. The van der Waals surface area contributed by atoms with Crippen molar-refractivity contribution < 1.29 is 57.6 Å². The summed E-state index contributed by atoms with van der Waals surface area (Å²) in [4.78, 5) is 3.15. The molecule has 0 spiro atoms. The highest BCUT2D eigenvalue weighted by atomic mass is 16.7. The highest BCUT2D eigenvalue weighted by Gasteiger charge is 2.46. The minimum Gasteiger partial charge on any atom is -0.465 e. The predicted octanol–water partition coefficient (Wildman–Crippen LogP) is 9.11. The van der Waals surface area contributed by atoms with Gasteiger partial charge in [0.05, 0.1) is 71.1 Å². The smallest absolute Gasteiger partial charge is 0.202 e. The fraction of sp³-hybridized carbons (Fsp3) is 0.418. The Morgan fingerprint density at radius 1 is 0.643 bits per heavy atom. The molecule has 372 valence electrons. The number of azide groups is 1. The third-order valence-electron chi connectivity index (χ3n) is 11.7. The van der Waals surface area contributed by atoms with Crippen LogP contribution in [0.3, 0.4) is 0 Å². The number of hydrogen-bond donors (Lipinski definition) is 2. The zero-order valence-electron chi connectivity index (χ0n) is 40.0. The Labute approximate surface area is 410 Å². The molecule has 5 aromatic rings. The van der Waals surface area contributed by atoms with E-state index in [0.29, 0.717) is 19.6 Å². The second-order valence-electron chi connectivity index (χ2n) is 17.6. The van der Waals surface area contributed by atoms with Crippen molar-refractivity contribution in [1.29, 1.82) is 0 Å². The van der Waals surface area contributed by atoms with E-state index in [1.807, 2.05) is 159 Å². The molecule has 0 aromatic heterocycles. The molecule has 15 nitrogen and oxygen atoms in total. The van der Waals surface area contributed by atoms with Crippen LogP contribution in [-0.2, 0) is 80.4 Å². The maximum absolute atomic E-state index is 11.8. The van der Waals surface area contributed by atoms with E-state index >= 15 is 0 Å². The molecule has 70 heavy (non-hydrogen) atoms. The minimum absolute atomic E-state index is 0.0369. The van der Waals surface area contributed by atoms with Crippen molar-refractivity contribution in [3.63, 3.8) is 0 Å². The van der Waals surface area contributed by atoms with E-state index in [1.54, 1.807) is 0 Å². The second kappa shape index (κ2) is 27.2. The first kappa shape index (κ1) is 52.3. The third-order valence-corrected chi connectivity index (χ3v) is 11.7. The van der Waals surface area contributed by atoms with Gasteiger partial charge in [-0.3, -0.25) is 0 Å². The lowest BCUT2D eigenvalue weighted by Crippen LogP contribution is -2.57. The first-order chi connectivity index (χ1) is 34.2. The Morgan fingerprint density at radius 3 is 1.59 bits per heavy atom. The summed E-state index contributed by atoms with van der Waals surface area (Å²) in [6.07, 6.45) is -6.52. The van der Waals surface area contributed by atoms with Crippen molar-refractivity contribution in [3.8, 4) is 0 Å². The summed E-state index contributed by atoms with van der Waals surface area (Å²) >= 11 is 0. The van der Waals surface area contributed by atoms with Gasteiger partial charge < -0.3 is 57.6 Å². The Bertz CT molecular complexity index is 2320. The maximum Gasteiger partial charge on any atom is 0.202 e. The lowest BCUT2D eigenvalue weighted by molar-refractivity contribution is -0.310. The SMILES string of the molecule is CC[C@H](O[C@@H]1OC[C@@H](OCc2ccccc2)C(OCc2ccccc2)C1OCc1ccccc1)/C(=C\[C@@H](O)OC1COC(COCc2ccccc2)C(N=[N+]=[N-])C1OCc1ccccc1)OC(C)(C)O. The van der Waals surface area contributed by atoms with Crippen LogP contribution < -0.4 is 0 Å². The van der Waals surface area contributed by atoms with Crippen molar-refractivity contribution in [3.05, 3.63) is 202 Å². The van der Waals surface area contributed by atoms with Gasteiger partial charge in [-0.1, -0.05) is 164 Å². The molecule has 2 heterocycles. The van der Waals surface area contributed by atoms with Crippen molar-refractivity contribution in [2.45, 2.75) is 127 Å². The second-order valence-corrected chi connectivity index (χ2v) is 17.6. The van der Waals surface area contributed by atoms with E-state index in [-0.39, 0.29) is 45.4 Å². The Balaban J connectivity index is 1.13.